The van der Waals surface area contributed by atoms with E-state index in [1.54, 1.807) is 0 Å². The largest absolute Gasteiger partial charge is 0.310 e. The number of benzene rings is 1. The number of hydrogen-bond donors (Lipinski definition) is 1. The Morgan fingerprint density at radius 1 is 1.20 bits per heavy atom. The molecule has 1 N–H and O–H groups in total. The molecular weight excluding hydrogens is 252 g/mol. The molecule has 0 spiro atoms. The van der Waals surface area contributed by atoms with Crippen LogP contribution in [0.25, 0.3) is 0 Å². The maximum atomic E-state index is 6.14. The molecule has 4 heteroatoms. The lowest BCUT2D eigenvalue weighted by atomic mass is 9.98. The van der Waals surface area contributed by atoms with Crippen molar-refractivity contribution in [2.75, 3.05) is 6.54 Å². The topological polar surface area (TPSA) is 12.0 Å². The molecule has 0 radical (unpaired) electrons. The van der Waals surface area contributed by atoms with Gasteiger partial charge in [-0.05, 0) is 37.1 Å². The maximum absolute atomic E-state index is 6.14. The zero-order valence-corrected chi connectivity index (χ0v) is 10.6. The SMILES string of the molecule is Cl.Clc1ccc([C@@H]2CCCCN2)c(Cl)c1. The van der Waals surface area contributed by atoms with Gasteiger partial charge >= 0.3 is 0 Å². The van der Waals surface area contributed by atoms with Crippen molar-refractivity contribution in [3.05, 3.63) is 33.8 Å². The summed E-state index contributed by atoms with van der Waals surface area (Å²) in [7, 11) is 0. The molecular formula is C11H14Cl3N. The van der Waals surface area contributed by atoms with Gasteiger partial charge < -0.3 is 5.32 Å². The van der Waals surface area contributed by atoms with Crippen LogP contribution in [0.2, 0.25) is 10.0 Å². The summed E-state index contributed by atoms with van der Waals surface area (Å²) < 4.78 is 0. The van der Waals surface area contributed by atoms with E-state index in [1.165, 1.54) is 24.8 Å². The molecule has 1 aliphatic rings. The lowest BCUT2D eigenvalue weighted by molar-refractivity contribution is 0.412. The maximum Gasteiger partial charge on any atom is 0.0468 e. The fraction of sp³-hybridized carbons (Fsp3) is 0.455. The highest BCUT2D eigenvalue weighted by molar-refractivity contribution is 6.35. The zero-order chi connectivity index (χ0) is 9.97. The second-order valence-electron chi connectivity index (χ2n) is 3.67. The van der Waals surface area contributed by atoms with Crippen molar-refractivity contribution in [2.45, 2.75) is 25.3 Å². The van der Waals surface area contributed by atoms with Crippen LogP contribution in [-0.4, -0.2) is 6.54 Å². The first-order valence-electron chi connectivity index (χ1n) is 4.96. The third-order valence-electron chi connectivity index (χ3n) is 2.65. The number of piperidine rings is 1. The molecule has 0 saturated carbocycles. The van der Waals surface area contributed by atoms with E-state index in [2.05, 4.69) is 5.32 Å². The van der Waals surface area contributed by atoms with Crippen molar-refractivity contribution in [3.63, 3.8) is 0 Å². The fourth-order valence-electron chi connectivity index (χ4n) is 1.90. The van der Waals surface area contributed by atoms with E-state index in [0.29, 0.717) is 11.1 Å². The molecule has 15 heavy (non-hydrogen) atoms. The number of rotatable bonds is 1. The molecule has 1 atom stereocenters. The summed E-state index contributed by atoms with van der Waals surface area (Å²) >= 11 is 12.0. The van der Waals surface area contributed by atoms with E-state index in [1.807, 2.05) is 18.2 Å². The second kappa shape index (κ2) is 5.95. The van der Waals surface area contributed by atoms with Gasteiger partial charge in [-0.1, -0.05) is 35.7 Å². The molecule has 0 aromatic heterocycles. The van der Waals surface area contributed by atoms with Crippen LogP contribution < -0.4 is 5.32 Å². The third kappa shape index (κ3) is 3.25. The van der Waals surface area contributed by atoms with E-state index in [4.69, 9.17) is 23.2 Å². The van der Waals surface area contributed by atoms with Crippen LogP contribution in [0, 0.1) is 0 Å². The van der Waals surface area contributed by atoms with Crippen LogP contribution in [0.15, 0.2) is 18.2 Å². The van der Waals surface area contributed by atoms with E-state index in [9.17, 15) is 0 Å². The molecule has 1 heterocycles. The summed E-state index contributed by atoms with van der Waals surface area (Å²) in [6.45, 7) is 1.09. The molecule has 1 aromatic rings. The van der Waals surface area contributed by atoms with E-state index >= 15 is 0 Å². The molecule has 0 unspecified atom stereocenters. The summed E-state index contributed by atoms with van der Waals surface area (Å²) in [5, 5.41) is 4.95. The van der Waals surface area contributed by atoms with E-state index < -0.39 is 0 Å². The highest BCUT2D eigenvalue weighted by Gasteiger charge is 2.16. The van der Waals surface area contributed by atoms with Crippen LogP contribution in [-0.2, 0) is 0 Å². The molecule has 1 nitrogen and oxygen atoms in total. The van der Waals surface area contributed by atoms with Crippen LogP contribution in [0.5, 0.6) is 0 Å². The van der Waals surface area contributed by atoms with Crippen molar-refractivity contribution in [3.8, 4) is 0 Å². The molecule has 2 rings (SSSR count). The predicted molar refractivity (Wildman–Crippen MR) is 68.3 cm³/mol. The van der Waals surface area contributed by atoms with Gasteiger partial charge in [0.05, 0.1) is 0 Å². The van der Waals surface area contributed by atoms with Crippen molar-refractivity contribution >= 4 is 35.6 Å². The van der Waals surface area contributed by atoms with Gasteiger partial charge in [-0.2, -0.15) is 0 Å². The molecule has 1 saturated heterocycles. The van der Waals surface area contributed by atoms with Crippen molar-refractivity contribution in [1.82, 2.24) is 5.32 Å². The summed E-state index contributed by atoms with van der Waals surface area (Å²) in [5.41, 5.74) is 1.18. The Hall–Kier alpha value is 0.0500. The number of hydrogen-bond acceptors (Lipinski definition) is 1. The summed E-state index contributed by atoms with van der Waals surface area (Å²) in [5.74, 6) is 0. The number of halogens is 3. The van der Waals surface area contributed by atoms with E-state index in [-0.39, 0.29) is 12.4 Å². The average molecular weight is 267 g/mol. The fourth-order valence-corrected chi connectivity index (χ4v) is 2.44. The van der Waals surface area contributed by atoms with Gasteiger partial charge in [0, 0.05) is 16.1 Å². The quantitative estimate of drug-likeness (QED) is 0.802. The van der Waals surface area contributed by atoms with E-state index in [0.717, 1.165) is 11.6 Å². The minimum atomic E-state index is 0. The Morgan fingerprint density at radius 2 is 2.00 bits per heavy atom. The van der Waals surface area contributed by atoms with Gasteiger partial charge in [-0.15, -0.1) is 12.4 Å². The predicted octanol–water partition coefficient (Wildman–Crippen LogP) is 4.23. The Balaban J connectivity index is 0.00000112. The van der Waals surface area contributed by atoms with Crippen LogP contribution >= 0.6 is 35.6 Å². The summed E-state index contributed by atoms with van der Waals surface area (Å²) in [6.07, 6.45) is 3.71. The minimum absolute atomic E-state index is 0. The first-order chi connectivity index (χ1) is 6.77. The second-order valence-corrected chi connectivity index (χ2v) is 4.51. The van der Waals surface area contributed by atoms with Crippen LogP contribution in [0.4, 0.5) is 0 Å². The standard InChI is InChI=1S/C11H13Cl2N.ClH/c12-8-4-5-9(10(13)7-8)11-3-1-2-6-14-11;/h4-5,7,11,14H,1-3,6H2;1H/t11-;/m0./s1. The van der Waals surface area contributed by atoms with Gasteiger partial charge in [-0.25, -0.2) is 0 Å². The highest BCUT2D eigenvalue weighted by Crippen LogP contribution is 2.30. The average Bonchev–Trinajstić information content (AvgIpc) is 2.19. The van der Waals surface area contributed by atoms with Gasteiger partial charge in [0.2, 0.25) is 0 Å². The lowest BCUT2D eigenvalue weighted by Crippen LogP contribution is -2.26. The highest BCUT2D eigenvalue weighted by atomic mass is 35.5. The molecule has 1 fully saturated rings. The van der Waals surface area contributed by atoms with Crippen molar-refractivity contribution < 1.29 is 0 Å². The van der Waals surface area contributed by atoms with Gasteiger partial charge in [0.25, 0.3) is 0 Å². The smallest absolute Gasteiger partial charge is 0.0468 e. The molecule has 84 valence electrons. The van der Waals surface area contributed by atoms with Crippen LogP contribution in [0.3, 0.4) is 0 Å². The Bertz CT molecular complexity index is 322. The zero-order valence-electron chi connectivity index (χ0n) is 8.30. The first-order valence-corrected chi connectivity index (χ1v) is 5.71. The van der Waals surface area contributed by atoms with Gasteiger partial charge in [0.1, 0.15) is 0 Å². The monoisotopic (exact) mass is 265 g/mol. The van der Waals surface area contributed by atoms with Gasteiger partial charge in [-0.3, -0.25) is 0 Å². The normalized spacial score (nSPS) is 20.8. The third-order valence-corrected chi connectivity index (χ3v) is 3.21. The van der Waals surface area contributed by atoms with Crippen molar-refractivity contribution in [2.24, 2.45) is 0 Å². The lowest BCUT2D eigenvalue weighted by Gasteiger charge is -2.24. The molecule has 0 aliphatic carbocycles. The molecule has 1 aliphatic heterocycles. The Morgan fingerprint density at radius 3 is 2.60 bits per heavy atom. The van der Waals surface area contributed by atoms with Gasteiger partial charge in [0.15, 0.2) is 0 Å². The number of nitrogens with one attached hydrogen (secondary N) is 1. The summed E-state index contributed by atoms with van der Waals surface area (Å²) in [4.78, 5) is 0. The van der Waals surface area contributed by atoms with Crippen molar-refractivity contribution in [1.29, 1.82) is 0 Å². The Kier molecular flexibility index (Phi) is 5.20. The first kappa shape index (κ1) is 13.1. The van der Waals surface area contributed by atoms with Crippen LogP contribution in [0.1, 0.15) is 30.9 Å². The minimum Gasteiger partial charge on any atom is -0.310 e. The Labute approximate surface area is 107 Å². The molecule has 0 amide bonds. The summed E-state index contributed by atoms with van der Waals surface area (Å²) in [6, 6.07) is 6.15. The molecule has 0 bridgehead atoms. The molecule has 1 aromatic carbocycles.